The van der Waals surface area contributed by atoms with E-state index in [2.05, 4.69) is 0 Å². The van der Waals surface area contributed by atoms with Gasteiger partial charge in [-0.05, 0) is 36.8 Å². The predicted octanol–water partition coefficient (Wildman–Crippen LogP) is 2.30. The molecule has 0 aliphatic carbocycles. The van der Waals surface area contributed by atoms with Crippen LogP contribution in [0.3, 0.4) is 0 Å². The number of aryl methyl sites for hydroxylation is 1. The van der Waals surface area contributed by atoms with E-state index < -0.39 is 0 Å². The molecule has 0 atom stereocenters. The van der Waals surface area contributed by atoms with Gasteiger partial charge in [0, 0.05) is 37.4 Å². The number of benzene rings is 2. The highest BCUT2D eigenvalue weighted by Crippen LogP contribution is 2.20. The molecule has 2 aromatic rings. The van der Waals surface area contributed by atoms with Gasteiger partial charge in [0.1, 0.15) is 5.75 Å². The zero-order chi connectivity index (χ0) is 18.0. The summed E-state index contributed by atoms with van der Waals surface area (Å²) < 4.78 is 0. The number of nitrogen functional groups attached to an aromatic ring is 1. The number of carbonyl (C=O) groups is 2. The summed E-state index contributed by atoms with van der Waals surface area (Å²) in [7, 11) is 0. The Bertz CT molecular complexity index is 817. The Morgan fingerprint density at radius 1 is 0.923 bits per heavy atom. The minimum atomic E-state index is -0.217. The molecule has 0 radical (unpaired) electrons. The summed E-state index contributed by atoms with van der Waals surface area (Å²) in [4.78, 5) is 28.6. The van der Waals surface area contributed by atoms with Crippen molar-refractivity contribution in [2.45, 2.75) is 6.92 Å². The number of para-hydroxylation sites is 1. The van der Waals surface area contributed by atoms with Crippen molar-refractivity contribution in [2.75, 3.05) is 31.9 Å². The van der Waals surface area contributed by atoms with E-state index in [4.69, 9.17) is 5.73 Å². The number of phenolic OH excluding ortho intramolecular Hbond substituents is 1. The molecule has 6 nitrogen and oxygen atoms in total. The van der Waals surface area contributed by atoms with Gasteiger partial charge in [0.05, 0.1) is 5.56 Å². The SMILES string of the molecule is Cc1ccc(N)cc1C(=O)N1CCN(C(=O)c2ccccc2O)CC1.Cl. The largest absolute Gasteiger partial charge is 0.507 e. The van der Waals surface area contributed by atoms with Gasteiger partial charge in [-0.1, -0.05) is 18.2 Å². The highest BCUT2D eigenvalue weighted by Gasteiger charge is 2.27. The highest BCUT2D eigenvalue weighted by atomic mass is 35.5. The van der Waals surface area contributed by atoms with Crippen molar-refractivity contribution in [1.82, 2.24) is 9.80 Å². The molecule has 3 N–H and O–H groups in total. The average molecular weight is 376 g/mol. The zero-order valence-electron chi connectivity index (χ0n) is 14.5. The zero-order valence-corrected chi connectivity index (χ0v) is 15.3. The Labute approximate surface area is 158 Å². The highest BCUT2D eigenvalue weighted by molar-refractivity contribution is 5.98. The lowest BCUT2D eigenvalue weighted by Crippen LogP contribution is -2.50. The van der Waals surface area contributed by atoms with E-state index in [1.165, 1.54) is 6.07 Å². The number of phenols is 1. The molecule has 0 saturated carbocycles. The second kappa shape index (κ2) is 8.10. The van der Waals surface area contributed by atoms with Crippen LogP contribution in [0, 0.1) is 6.92 Å². The second-order valence-electron chi connectivity index (χ2n) is 6.18. The molecule has 138 valence electrons. The number of anilines is 1. The van der Waals surface area contributed by atoms with Gasteiger partial charge >= 0.3 is 0 Å². The third-order valence-corrected chi connectivity index (χ3v) is 4.48. The summed E-state index contributed by atoms with van der Waals surface area (Å²) in [6, 6.07) is 11.8. The van der Waals surface area contributed by atoms with E-state index in [0.29, 0.717) is 37.4 Å². The molecular weight excluding hydrogens is 354 g/mol. The number of aromatic hydroxyl groups is 1. The topological polar surface area (TPSA) is 86.9 Å². The third-order valence-electron chi connectivity index (χ3n) is 4.48. The maximum Gasteiger partial charge on any atom is 0.257 e. The molecule has 1 heterocycles. The summed E-state index contributed by atoms with van der Waals surface area (Å²) >= 11 is 0. The molecule has 2 amide bonds. The maximum absolute atomic E-state index is 12.7. The fourth-order valence-electron chi connectivity index (χ4n) is 2.98. The molecule has 3 rings (SSSR count). The number of hydrogen-bond acceptors (Lipinski definition) is 4. The quantitative estimate of drug-likeness (QED) is 0.788. The molecule has 1 fully saturated rings. The second-order valence-corrected chi connectivity index (χ2v) is 6.18. The van der Waals surface area contributed by atoms with Crippen molar-refractivity contribution in [3.05, 3.63) is 59.2 Å². The molecule has 0 spiro atoms. The minimum absolute atomic E-state index is 0. The molecule has 1 saturated heterocycles. The average Bonchev–Trinajstić information content (AvgIpc) is 2.63. The van der Waals surface area contributed by atoms with Gasteiger partial charge in [-0.2, -0.15) is 0 Å². The van der Waals surface area contributed by atoms with Crippen LogP contribution in [0.4, 0.5) is 5.69 Å². The van der Waals surface area contributed by atoms with Crippen molar-refractivity contribution >= 4 is 29.9 Å². The van der Waals surface area contributed by atoms with Gasteiger partial charge in [0.15, 0.2) is 0 Å². The molecule has 2 aromatic carbocycles. The van der Waals surface area contributed by atoms with Crippen LogP contribution in [0.5, 0.6) is 5.75 Å². The lowest BCUT2D eigenvalue weighted by Gasteiger charge is -2.35. The van der Waals surface area contributed by atoms with Gasteiger partial charge in [0.25, 0.3) is 11.8 Å². The molecule has 0 unspecified atom stereocenters. The Kier molecular flexibility index (Phi) is 6.10. The maximum atomic E-state index is 12.7. The van der Waals surface area contributed by atoms with E-state index in [0.717, 1.165) is 5.56 Å². The number of halogens is 1. The number of hydrogen-bond donors (Lipinski definition) is 2. The van der Waals surface area contributed by atoms with Crippen LogP contribution in [0.1, 0.15) is 26.3 Å². The summed E-state index contributed by atoms with van der Waals surface area (Å²) in [5.74, 6) is -0.314. The molecule has 26 heavy (non-hydrogen) atoms. The van der Waals surface area contributed by atoms with Gasteiger partial charge in [-0.25, -0.2) is 0 Å². The first-order chi connectivity index (χ1) is 12.0. The van der Waals surface area contributed by atoms with Crippen molar-refractivity contribution < 1.29 is 14.7 Å². The summed E-state index contributed by atoms with van der Waals surface area (Å²) in [5, 5.41) is 9.83. The Balaban J connectivity index is 0.00000243. The van der Waals surface area contributed by atoms with Crippen molar-refractivity contribution in [1.29, 1.82) is 0 Å². The van der Waals surface area contributed by atoms with Gasteiger partial charge < -0.3 is 20.6 Å². The Hall–Kier alpha value is -2.73. The van der Waals surface area contributed by atoms with Gasteiger partial charge in [-0.3, -0.25) is 9.59 Å². The van der Waals surface area contributed by atoms with Crippen molar-refractivity contribution in [3.63, 3.8) is 0 Å². The standard InChI is InChI=1S/C19H21N3O3.ClH/c1-13-6-7-14(20)12-16(13)19(25)22-10-8-21(9-11-22)18(24)15-4-2-3-5-17(15)23;/h2-7,12,23H,8-11,20H2,1H3;1H. The van der Waals surface area contributed by atoms with Crippen LogP contribution in [0.2, 0.25) is 0 Å². The van der Waals surface area contributed by atoms with Crippen LogP contribution < -0.4 is 5.73 Å². The van der Waals surface area contributed by atoms with E-state index in [9.17, 15) is 14.7 Å². The fourth-order valence-corrected chi connectivity index (χ4v) is 2.98. The first kappa shape index (κ1) is 19.6. The van der Waals surface area contributed by atoms with Crippen LogP contribution >= 0.6 is 12.4 Å². The van der Waals surface area contributed by atoms with Crippen LogP contribution in [-0.4, -0.2) is 52.9 Å². The third kappa shape index (κ3) is 3.91. The number of amides is 2. The number of nitrogens with zero attached hydrogens (tertiary/aromatic N) is 2. The van der Waals surface area contributed by atoms with Gasteiger partial charge in [-0.15, -0.1) is 12.4 Å². The predicted molar refractivity (Wildman–Crippen MR) is 103 cm³/mol. The van der Waals surface area contributed by atoms with Crippen molar-refractivity contribution in [2.24, 2.45) is 0 Å². The van der Waals surface area contributed by atoms with E-state index in [-0.39, 0.29) is 35.5 Å². The smallest absolute Gasteiger partial charge is 0.257 e. The summed E-state index contributed by atoms with van der Waals surface area (Å²) in [5.41, 5.74) is 8.11. The van der Waals surface area contributed by atoms with Crippen LogP contribution in [0.15, 0.2) is 42.5 Å². The number of rotatable bonds is 2. The molecule has 0 aromatic heterocycles. The summed E-state index contributed by atoms with van der Waals surface area (Å²) in [6.07, 6.45) is 0. The molecule has 7 heteroatoms. The van der Waals surface area contributed by atoms with Crippen LogP contribution in [-0.2, 0) is 0 Å². The molecule has 1 aliphatic heterocycles. The molecule has 0 bridgehead atoms. The minimum Gasteiger partial charge on any atom is -0.507 e. The molecule has 1 aliphatic rings. The van der Waals surface area contributed by atoms with Crippen LogP contribution in [0.25, 0.3) is 0 Å². The number of piperazine rings is 1. The van der Waals surface area contributed by atoms with E-state index in [1.807, 2.05) is 13.0 Å². The fraction of sp³-hybridized carbons (Fsp3) is 0.263. The molecular formula is C19H22ClN3O3. The lowest BCUT2D eigenvalue weighted by molar-refractivity contribution is 0.0533. The monoisotopic (exact) mass is 375 g/mol. The van der Waals surface area contributed by atoms with E-state index >= 15 is 0 Å². The Morgan fingerprint density at radius 2 is 1.46 bits per heavy atom. The van der Waals surface area contributed by atoms with E-state index in [1.54, 1.807) is 40.1 Å². The van der Waals surface area contributed by atoms with Gasteiger partial charge in [0.2, 0.25) is 0 Å². The number of carbonyl (C=O) groups excluding carboxylic acids is 2. The first-order valence-corrected chi connectivity index (χ1v) is 8.20. The summed E-state index contributed by atoms with van der Waals surface area (Å²) in [6.45, 7) is 3.64. The lowest BCUT2D eigenvalue weighted by atomic mass is 10.1. The Morgan fingerprint density at radius 3 is 2.04 bits per heavy atom. The number of nitrogens with two attached hydrogens (primary N) is 1. The first-order valence-electron chi connectivity index (χ1n) is 8.20. The normalized spacial score (nSPS) is 13.9. The van der Waals surface area contributed by atoms with Crippen molar-refractivity contribution in [3.8, 4) is 5.75 Å².